The smallest absolute Gasteiger partial charge is 0.0794 e. The highest BCUT2D eigenvalue weighted by atomic mass is 32.2. The van der Waals surface area contributed by atoms with E-state index in [0.717, 1.165) is 6.54 Å². The Morgan fingerprint density at radius 3 is 3.15 bits per heavy atom. The summed E-state index contributed by atoms with van der Waals surface area (Å²) in [6.45, 7) is 3.19. The van der Waals surface area contributed by atoms with Gasteiger partial charge in [0, 0.05) is 23.7 Å². The molecule has 0 radical (unpaired) electrons. The van der Waals surface area contributed by atoms with Gasteiger partial charge in [-0.2, -0.15) is 11.8 Å². The van der Waals surface area contributed by atoms with E-state index in [1.807, 2.05) is 23.5 Å². The summed E-state index contributed by atoms with van der Waals surface area (Å²) in [6, 6.07) is 0.606. The molecule has 0 aliphatic heterocycles. The summed E-state index contributed by atoms with van der Waals surface area (Å²) < 4.78 is 0. The summed E-state index contributed by atoms with van der Waals surface area (Å²) in [5.74, 6) is 1.23. The van der Waals surface area contributed by atoms with Gasteiger partial charge in [-0.3, -0.25) is 4.98 Å². The minimum absolute atomic E-state index is 0.606. The van der Waals surface area contributed by atoms with Crippen molar-refractivity contribution in [1.82, 2.24) is 10.3 Å². The molecule has 0 amide bonds. The molecule has 4 heteroatoms. The molecule has 0 aromatic carbocycles. The van der Waals surface area contributed by atoms with Crippen LogP contribution in [0.2, 0.25) is 0 Å². The number of aromatic nitrogens is 1. The van der Waals surface area contributed by atoms with E-state index in [1.165, 1.54) is 17.1 Å². The lowest BCUT2D eigenvalue weighted by molar-refractivity contribution is 0.540. The van der Waals surface area contributed by atoms with E-state index in [1.54, 1.807) is 11.3 Å². The summed E-state index contributed by atoms with van der Waals surface area (Å²) in [7, 11) is 0. The van der Waals surface area contributed by atoms with Gasteiger partial charge in [-0.05, 0) is 25.4 Å². The van der Waals surface area contributed by atoms with Crippen LogP contribution in [0.4, 0.5) is 0 Å². The van der Waals surface area contributed by atoms with Crippen LogP contribution < -0.4 is 5.32 Å². The molecule has 0 bridgehead atoms. The topological polar surface area (TPSA) is 24.9 Å². The minimum Gasteiger partial charge on any atom is -0.309 e. The SMILES string of the molecule is CSCCC(C)NCc1cncs1. The van der Waals surface area contributed by atoms with E-state index in [2.05, 4.69) is 23.5 Å². The van der Waals surface area contributed by atoms with Gasteiger partial charge in [-0.15, -0.1) is 11.3 Å². The number of hydrogen-bond acceptors (Lipinski definition) is 4. The van der Waals surface area contributed by atoms with Crippen molar-refractivity contribution in [3.05, 3.63) is 16.6 Å². The predicted octanol–water partition coefficient (Wildman–Crippen LogP) is 2.37. The van der Waals surface area contributed by atoms with Crippen LogP contribution in [-0.4, -0.2) is 23.0 Å². The molecule has 0 spiro atoms. The third-order valence-electron chi connectivity index (χ3n) is 1.86. The first-order valence-electron chi connectivity index (χ1n) is 4.42. The summed E-state index contributed by atoms with van der Waals surface area (Å²) >= 11 is 3.61. The van der Waals surface area contributed by atoms with Crippen molar-refractivity contribution in [2.45, 2.75) is 25.9 Å². The number of nitrogens with one attached hydrogen (secondary N) is 1. The van der Waals surface area contributed by atoms with Gasteiger partial charge < -0.3 is 5.32 Å². The maximum atomic E-state index is 4.04. The van der Waals surface area contributed by atoms with Gasteiger partial charge in [0.25, 0.3) is 0 Å². The van der Waals surface area contributed by atoms with Crippen molar-refractivity contribution in [2.75, 3.05) is 12.0 Å². The highest BCUT2D eigenvalue weighted by Crippen LogP contribution is 2.06. The molecule has 1 aromatic rings. The highest BCUT2D eigenvalue weighted by molar-refractivity contribution is 7.98. The van der Waals surface area contributed by atoms with Gasteiger partial charge in [-0.1, -0.05) is 0 Å². The Morgan fingerprint density at radius 1 is 1.69 bits per heavy atom. The maximum absolute atomic E-state index is 4.04. The average Bonchev–Trinajstić information content (AvgIpc) is 2.64. The molecule has 1 aromatic heterocycles. The van der Waals surface area contributed by atoms with Gasteiger partial charge in [0.1, 0.15) is 0 Å². The Labute approximate surface area is 88.2 Å². The number of nitrogens with zero attached hydrogens (tertiary/aromatic N) is 1. The first-order chi connectivity index (χ1) is 6.33. The van der Waals surface area contributed by atoms with Crippen molar-refractivity contribution >= 4 is 23.1 Å². The third-order valence-corrected chi connectivity index (χ3v) is 3.29. The Bertz CT molecular complexity index is 211. The third kappa shape index (κ3) is 4.64. The van der Waals surface area contributed by atoms with Gasteiger partial charge >= 0.3 is 0 Å². The van der Waals surface area contributed by atoms with Crippen LogP contribution in [0.3, 0.4) is 0 Å². The van der Waals surface area contributed by atoms with Crippen LogP contribution in [-0.2, 0) is 6.54 Å². The Hall–Kier alpha value is -0.0600. The van der Waals surface area contributed by atoms with E-state index in [4.69, 9.17) is 0 Å². The van der Waals surface area contributed by atoms with E-state index in [0.29, 0.717) is 6.04 Å². The Morgan fingerprint density at radius 2 is 2.54 bits per heavy atom. The fourth-order valence-electron chi connectivity index (χ4n) is 1.00. The predicted molar refractivity (Wildman–Crippen MR) is 61.4 cm³/mol. The minimum atomic E-state index is 0.606. The molecular formula is C9H16N2S2. The van der Waals surface area contributed by atoms with Crippen LogP contribution in [0.5, 0.6) is 0 Å². The van der Waals surface area contributed by atoms with Crippen molar-refractivity contribution < 1.29 is 0 Å². The summed E-state index contributed by atoms with van der Waals surface area (Å²) in [5, 5.41) is 3.48. The second-order valence-electron chi connectivity index (χ2n) is 3.03. The lowest BCUT2D eigenvalue weighted by atomic mass is 10.2. The molecule has 1 heterocycles. The Kier molecular flexibility index (Phi) is 5.43. The lowest BCUT2D eigenvalue weighted by Gasteiger charge is -2.11. The van der Waals surface area contributed by atoms with Crippen LogP contribution >= 0.6 is 23.1 Å². The van der Waals surface area contributed by atoms with Crippen molar-refractivity contribution in [3.8, 4) is 0 Å². The van der Waals surface area contributed by atoms with E-state index in [9.17, 15) is 0 Å². The summed E-state index contributed by atoms with van der Waals surface area (Å²) in [5.41, 5.74) is 1.88. The maximum Gasteiger partial charge on any atom is 0.0794 e. The van der Waals surface area contributed by atoms with Crippen molar-refractivity contribution in [1.29, 1.82) is 0 Å². The normalized spacial score (nSPS) is 13.1. The number of hydrogen-bond donors (Lipinski definition) is 1. The molecule has 1 rings (SSSR count). The second-order valence-corrected chi connectivity index (χ2v) is 4.99. The number of thioether (sulfide) groups is 1. The quantitative estimate of drug-likeness (QED) is 0.790. The Balaban J connectivity index is 2.11. The number of rotatable bonds is 6. The molecule has 1 atom stereocenters. The fraction of sp³-hybridized carbons (Fsp3) is 0.667. The van der Waals surface area contributed by atoms with Gasteiger partial charge in [0.2, 0.25) is 0 Å². The van der Waals surface area contributed by atoms with Crippen LogP contribution in [0.1, 0.15) is 18.2 Å². The highest BCUT2D eigenvalue weighted by Gasteiger charge is 2.01. The molecule has 74 valence electrons. The van der Waals surface area contributed by atoms with E-state index < -0.39 is 0 Å². The van der Waals surface area contributed by atoms with E-state index >= 15 is 0 Å². The zero-order valence-corrected chi connectivity index (χ0v) is 9.75. The molecule has 2 nitrogen and oxygen atoms in total. The van der Waals surface area contributed by atoms with Gasteiger partial charge in [0.15, 0.2) is 0 Å². The van der Waals surface area contributed by atoms with Gasteiger partial charge in [-0.25, -0.2) is 0 Å². The molecule has 0 aliphatic rings. The van der Waals surface area contributed by atoms with Crippen LogP contribution in [0.15, 0.2) is 11.7 Å². The summed E-state index contributed by atoms with van der Waals surface area (Å²) in [6.07, 6.45) is 5.31. The van der Waals surface area contributed by atoms with Crippen LogP contribution in [0, 0.1) is 0 Å². The molecule has 0 aliphatic carbocycles. The monoisotopic (exact) mass is 216 g/mol. The lowest BCUT2D eigenvalue weighted by Crippen LogP contribution is -2.25. The molecule has 1 N–H and O–H groups in total. The van der Waals surface area contributed by atoms with Crippen LogP contribution in [0.25, 0.3) is 0 Å². The average molecular weight is 216 g/mol. The first kappa shape index (κ1) is 11.0. The molecule has 0 saturated carbocycles. The van der Waals surface area contributed by atoms with Crippen molar-refractivity contribution in [3.63, 3.8) is 0 Å². The second kappa shape index (κ2) is 6.40. The molecular weight excluding hydrogens is 200 g/mol. The zero-order valence-electron chi connectivity index (χ0n) is 8.12. The molecule has 0 fully saturated rings. The number of thiazole rings is 1. The fourth-order valence-corrected chi connectivity index (χ4v) is 2.14. The first-order valence-corrected chi connectivity index (χ1v) is 6.70. The molecule has 0 saturated heterocycles. The molecule has 1 unspecified atom stereocenters. The largest absolute Gasteiger partial charge is 0.309 e. The molecule has 13 heavy (non-hydrogen) atoms. The summed E-state index contributed by atoms with van der Waals surface area (Å²) in [4.78, 5) is 5.35. The van der Waals surface area contributed by atoms with Gasteiger partial charge in [0.05, 0.1) is 5.51 Å². The zero-order chi connectivity index (χ0) is 9.52. The van der Waals surface area contributed by atoms with E-state index in [-0.39, 0.29) is 0 Å². The standard InChI is InChI=1S/C9H16N2S2/c1-8(3-4-12-2)11-6-9-5-10-7-13-9/h5,7-8,11H,3-4,6H2,1-2H3. The van der Waals surface area contributed by atoms with Crippen molar-refractivity contribution in [2.24, 2.45) is 0 Å².